The Bertz CT molecular complexity index is 501. The third-order valence-electron chi connectivity index (χ3n) is 3.30. The lowest BCUT2D eigenvalue weighted by Crippen LogP contribution is -2.40. The van der Waals surface area contributed by atoms with Gasteiger partial charge in [-0.25, -0.2) is 4.79 Å². The fourth-order valence-corrected chi connectivity index (χ4v) is 2.56. The maximum atomic E-state index is 11.9. The molecule has 0 spiro atoms. The predicted molar refractivity (Wildman–Crippen MR) is 77.2 cm³/mol. The van der Waals surface area contributed by atoms with Gasteiger partial charge in [-0.1, -0.05) is 12.8 Å². The van der Waals surface area contributed by atoms with E-state index in [0.29, 0.717) is 10.0 Å². The Hall–Kier alpha value is -1.43. The highest BCUT2D eigenvalue weighted by molar-refractivity contribution is 9.10. The average molecular weight is 341 g/mol. The molecule has 1 fully saturated rings. The number of rotatable bonds is 4. The molecular formula is C14H17BrN2O3. The van der Waals surface area contributed by atoms with Crippen molar-refractivity contribution in [3.63, 3.8) is 0 Å². The fourth-order valence-electron chi connectivity index (χ4n) is 2.19. The lowest BCUT2D eigenvalue weighted by Gasteiger charge is -2.17. The number of carbonyl (C=O) groups is 2. The summed E-state index contributed by atoms with van der Waals surface area (Å²) in [5.74, 6) is -0.791. The van der Waals surface area contributed by atoms with E-state index >= 15 is 0 Å². The van der Waals surface area contributed by atoms with Crippen molar-refractivity contribution in [2.75, 3.05) is 0 Å². The van der Waals surface area contributed by atoms with Crippen LogP contribution in [0.15, 0.2) is 22.9 Å². The molecule has 1 saturated carbocycles. The number of esters is 1. The molecule has 1 aromatic heterocycles. The molecule has 2 rings (SSSR count). The Morgan fingerprint density at radius 3 is 2.75 bits per heavy atom. The van der Waals surface area contributed by atoms with Crippen LogP contribution in [0.4, 0.5) is 0 Å². The number of halogens is 1. The molecule has 1 N–H and O–H groups in total. The van der Waals surface area contributed by atoms with Crippen molar-refractivity contribution < 1.29 is 14.3 Å². The minimum Gasteiger partial charge on any atom is -0.449 e. The Kier molecular flexibility index (Phi) is 5.11. The molecule has 108 valence electrons. The van der Waals surface area contributed by atoms with E-state index in [4.69, 9.17) is 4.74 Å². The van der Waals surface area contributed by atoms with Crippen LogP contribution < -0.4 is 5.32 Å². The first kappa shape index (κ1) is 15.0. The largest absolute Gasteiger partial charge is 0.449 e. The van der Waals surface area contributed by atoms with Crippen molar-refractivity contribution in [1.82, 2.24) is 10.3 Å². The highest BCUT2D eigenvalue weighted by Crippen LogP contribution is 2.18. The molecule has 0 aliphatic heterocycles. The number of amides is 1. The van der Waals surface area contributed by atoms with Crippen molar-refractivity contribution in [3.05, 3.63) is 28.5 Å². The highest BCUT2D eigenvalue weighted by Gasteiger charge is 2.23. The number of pyridine rings is 1. The highest BCUT2D eigenvalue weighted by atomic mass is 79.9. The SMILES string of the molecule is C[C@H](OC(=O)c1cncc(Br)c1)C(=O)NC1CCCC1. The molecule has 20 heavy (non-hydrogen) atoms. The molecule has 1 atom stereocenters. The first-order chi connectivity index (χ1) is 9.56. The van der Waals surface area contributed by atoms with Crippen molar-refractivity contribution in [1.29, 1.82) is 0 Å². The quantitative estimate of drug-likeness (QED) is 0.854. The second-order valence-electron chi connectivity index (χ2n) is 4.93. The molecular weight excluding hydrogens is 324 g/mol. The number of ether oxygens (including phenoxy) is 1. The molecule has 1 amide bonds. The van der Waals surface area contributed by atoms with E-state index in [2.05, 4.69) is 26.2 Å². The summed E-state index contributed by atoms with van der Waals surface area (Å²) in [6, 6.07) is 1.83. The third-order valence-corrected chi connectivity index (χ3v) is 3.73. The number of carbonyl (C=O) groups excluding carboxylic acids is 2. The zero-order valence-corrected chi connectivity index (χ0v) is 12.9. The van der Waals surface area contributed by atoms with Gasteiger partial charge >= 0.3 is 5.97 Å². The van der Waals surface area contributed by atoms with Gasteiger partial charge in [-0.05, 0) is 41.8 Å². The van der Waals surface area contributed by atoms with Crippen molar-refractivity contribution in [3.8, 4) is 0 Å². The summed E-state index contributed by atoms with van der Waals surface area (Å²) >= 11 is 3.23. The molecule has 0 radical (unpaired) electrons. The molecule has 1 aliphatic carbocycles. The third kappa shape index (κ3) is 4.03. The summed E-state index contributed by atoms with van der Waals surface area (Å²) in [6.07, 6.45) is 6.47. The Labute approximate surface area is 126 Å². The van der Waals surface area contributed by atoms with Crippen LogP contribution >= 0.6 is 15.9 Å². The topological polar surface area (TPSA) is 68.3 Å². The number of nitrogens with one attached hydrogen (secondary N) is 1. The lowest BCUT2D eigenvalue weighted by molar-refractivity contribution is -0.129. The first-order valence-corrected chi connectivity index (χ1v) is 7.47. The van der Waals surface area contributed by atoms with Gasteiger partial charge in [0.15, 0.2) is 6.10 Å². The molecule has 1 heterocycles. The molecule has 0 saturated heterocycles. The fraction of sp³-hybridized carbons (Fsp3) is 0.500. The number of hydrogen-bond donors (Lipinski definition) is 1. The zero-order valence-electron chi connectivity index (χ0n) is 11.3. The minimum atomic E-state index is -0.804. The maximum Gasteiger partial charge on any atom is 0.340 e. The van der Waals surface area contributed by atoms with E-state index in [9.17, 15) is 9.59 Å². The van der Waals surface area contributed by atoms with Gasteiger partial charge in [0.1, 0.15) is 0 Å². The Morgan fingerprint density at radius 2 is 2.10 bits per heavy atom. The summed E-state index contributed by atoms with van der Waals surface area (Å²) in [4.78, 5) is 27.7. The van der Waals surface area contributed by atoms with E-state index in [1.807, 2.05) is 0 Å². The van der Waals surface area contributed by atoms with Crippen LogP contribution in [0, 0.1) is 0 Å². The molecule has 6 heteroatoms. The first-order valence-electron chi connectivity index (χ1n) is 6.68. The molecule has 0 unspecified atom stereocenters. The zero-order chi connectivity index (χ0) is 14.5. The summed E-state index contributed by atoms with van der Waals surface area (Å²) in [5, 5.41) is 2.91. The van der Waals surface area contributed by atoms with E-state index in [-0.39, 0.29) is 11.9 Å². The van der Waals surface area contributed by atoms with Crippen molar-refractivity contribution >= 4 is 27.8 Å². The van der Waals surface area contributed by atoms with Crippen molar-refractivity contribution in [2.24, 2.45) is 0 Å². The van der Waals surface area contributed by atoms with Gasteiger partial charge in [0.2, 0.25) is 0 Å². The van der Waals surface area contributed by atoms with Crippen molar-refractivity contribution in [2.45, 2.75) is 44.8 Å². The molecule has 1 aliphatic rings. The summed E-state index contributed by atoms with van der Waals surface area (Å²) in [5.41, 5.74) is 0.319. The van der Waals surface area contributed by atoms with E-state index in [1.54, 1.807) is 19.2 Å². The van der Waals surface area contributed by atoms with Gasteiger partial charge in [-0.3, -0.25) is 9.78 Å². The van der Waals surface area contributed by atoms with Crippen LogP contribution in [0.25, 0.3) is 0 Å². The second kappa shape index (κ2) is 6.83. The maximum absolute atomic E-state index is 11.9. The Morgan fingerprint density at radius 1 is 1.40 bits per heavy atom. The summed E-state index contributed by atoms with van der Waals surface area (Å²) in [6.45, 7) is 1.58. The number of aromatic nitrogens is 1. The van der Waals surface area contributed by atoms with E-state index < -0.39 is 12.1 Å². The van der Waals surface area contributed by atoms with Crippen LogP contribution in [-0.4, -0.2) is 29.0 Å². The smallest absolute Gasteiger partial charge is 0.340 e. The number of hydrogen-bond acceptors (Lipinski definition) is 4. The van der Waals surface area contributed by atoms with Crippen LogP contribution in [0.3, 0.4) is 0 Å². The molecule has 1 aromatic rings. The van der Waals surface area contributed by atoms with Gasteiger partial charge < -0.3 is 10.1 Å². The standard InChI is InChI=1S/C14H17BrN2O3/c1-9(13(18)17-12-4-2-3-5-12)20-14(19)10-6-11(15)8-16-7-10/h6-9,12H,2-5H2,1H3,(H,17,18)/t9-/m0/s1. The average Bonchev–Trinajstić information content (AvgIpc) is 2.91. The van der Waals surface area contributed by atoms with Crippen LogP contribution in [0.5, 0.6) is 0 Å². The van der Waals surface area contributed by atoms with Gasteiger partial charge in [0.05, 0.1) is 5.56 Å². The van der Waals surface area contributed by atoms with Crippen LogP contribution in [0.1, 0.15) is 43.0 Å². The predicted octanol–water partition coefficient (Wildman–Crippen LogP) is 2.45. The van der Waals surface area contributed by atoms with Crippen LogP contribution in [0.2, 0.25) is 0 Å². The number of nitrogens with zero attached hydrogens (tertiary/aromatic N) is 1. The van der Waals surface area contributed by atoms with Crippen LogP contribution in [-0.2, 0) is 9.53 Å². The summed E-state index contributed by atoms with van der Waals surface area (Å²) in [7, 11) is 0. The minimum absolute atomic E-state index is 0.219. The van der Waals surface area contributed by atoms with Gasteiger partial charge in [0.25, 0.3) is 5.91 Å². The van der Waals surface area contributed by atoms with Gasteiger partial charge in [-0.15, -0.1) is 0 Å². The molecule has 0 bridgehead atoms. The normalized spacial score (nSPS) is 16.7. The summed E-state index contributed by atoms with van der Waals surface area (Å²) < 4.78 is 5.84. The van der Waals surface area contributed by atoms with E-state index in [0.717, 1.165) is 25.7 Å². The second-order valence-corrected chi connectivity index (χ2v) is 5.85. The lowest BCUT2D eigenvalue weighted by atomic mass is 10.2. The monoisotopic (exact) mass is 340 g/mol. The Balaban J connectivity index is 1.88. The van der Waals surface area contributed by atoms with E-state index in [1.165, 1.54) is 6.20 Å². The molecule has 0 aromatic carbocycles. The molecule has 5 nitrogen and oxygen atoms in total. The van der Waals surface area contributed by atoms with Gasteiger partial charge in [-0.2, -0.15) is 0 Å². The van der Waals surface area contributed by atoms with Gasteiger partial charge in [0, 0.05) is 22.9 Å².